The summed E-state index contributed by atoms with van der Waals surface area (Å²) >= 11 is 0. The van der Waals surface area contributed by atoms with Crippen LogP contribution in [-0.4, -0.2) is 61.0 Å². The van der Waals surface area contributed by atoms with Crippen molar-refractivity contribution in [3.63, 3.8) is 0 Å². The number of nitrogens with zero attached hydrogens (tertiary/aromatic N) is 2. The standard InChI is InChI=1S/C15H27N3O/c19-15(11-13-5-6-16-12-13)18-9-7-17(8-10-18)14-3-1-2-4-14/h13-14,16H,1-12H2. The number of amides is 1. The largest absolute Gasteiger partial charge is 0.340 e. The first kappa shape index (κ1) is 13.4. The molecule has 2 saturated heterocycles. The van der Waals surface area contributed by atoms with E-state index in [4.69, 9.17) is 0 Å². The summed E-state index contributed by atoms with van der Waals surface area (Å²) in [7, 11) is 0. The van der Waals surface area contributed by atoms with Gasteiger partial charge in [-0.15, -0.1) is 0 Å². The average Bonchev–Trinajstić information content (AvgIpc) is 3.12. The Morgan fingerprint density at radius 2 is 1.79 bits per heavy atom. The van der Waals surface area contributed by atoms with Gasteiger partial charge in [-0.05, 0) is 38.3 Å². The fraction of sp³-hybridized carbons (Fsp3) is 0.933. The van der Waals surface area contributed by atoms with Crippen LogP contribution in [0.4, 0.5) is 0 Å². The summed E-state index contributed by atoms with van der Waals surface area (Å²) in [6, 6.07) is 0.816. The Morgan fingerprint density at radius 1 is 1.05 bits per heavy atom. The molecule has 2 aliphatic heterocycles. The Bertz CT molecular complexity index is 301. The van der Waals surface area contributed by atoms with Gasteiger partial charge in [0.1, 0.15) is 0 Å². The highest BCUT2D eigenvalue weighted by Gasteiger charge is 2.29. The van der Waals surface area contributed by atoms with Crippen LogP contribution in [0.1, 0.15) is 38.5 Å². The molecule has 2 heterocycles. The molecule has 1 aliphatic carbocycles. The normalized spacial score (nSPS) is 30.1. The summed E-state index contributed by atoms with van der Waals surface area (Å²) in [6.07, 6.45) is 7.49. The molecule has 1 saturated carbocycles. The third kappa shape index (κ3) is 3.29. The second-order valence-electron chi connectivity index (χ2n) is 6.42. The molecule has 0 aromatic carbocycles. The molecule has 3 rings (SSSR count). The van der Waals surface area contributed by atoms with Crippen LogP contribution in [0, 0.1) is 5.92 Å². The maximum atomic E-state index is 12.3. The number of hydrogen-bond acceptors (Lipinski definition) is 3. The number of carbonyl (C=O) groups excluding carboxylic acids is 1. The molecule has 1 N–H and O–H groups in total. The van der Waals surface area contributed by atoms with Crippen molar-refractivity contribution in [2.24, 2.45) is 5.92 Å². The van der Waals surface area contributed by atoms with Crippen molar-refractivity contribution in [2.45, 2.75) is 44.6 Å². The van der Waals surface area contributed by atoms with E-state index in [0.29, 0.717) is 11.8 Å². The first-order valence-corrected chi connectivity index (χ1v) is 8.05. The fourth-order valence-corrected chi connectivity index (χ4v) is 3.87. The lowest BCUT2D eigenvalue weighted by molar-refractivity contribution is -0.134. The lowest BCUT2D eigenvalue weighted by Gasteiger charge is -2.38. The van der Waals surface area contributed by atoms with Crippen LogP contribution in [-0.2, 0) is 4.79 Å². The highest BCUT2D eigenvalue weighted by molar-refractivity contribution is 5.76. The molecule has 0 aromatic heterocycles. The molecular formula is C15H27N3O. The molecule has 0 bridgehead atoms. The van der Waals surface area contributed by atoms with Gasteiger partial charge in [0.05, 0.1) is 0 Å². The number of carbonyl (C=O) groups is 1. The van der Waals surface area contributed by atoms with Gasteiger partial charge in [0.15, 0.2) is 0 Å². The molecule has 1 unspecified atom stereocenters. The van der Waals surface area contributed by atoms with E-state index >= 15 is 0 Å². The summed E-state index contributed by atoms with van der Waals surface area (Å²) in [5.41, 5.74) is 0. The van der Waals surface area contributed by atoms with Gasteiger partial charge in [-0.3, -0.25) is 9.69 Å². The first-order chi connectivity index (χ1) is 9.33. The van der Waals surface area contributed by atoms with Crippen LogP contribution in [0.5, 0.6) is 0 Å². The molecule has 1 atom stereocenters. The SMILES string of the molecule is O=C(CC1CCNC1)N1CCN(C2CCCC2)CC1. The van der Waals surface area contributed by atoms with Gasteiger partial charge in [0.2, 0.25) is 5.91 Å². The maximum absolute atomic E-state index is 12.3. The summed E-state index contributed by atoms with van der Waals surface area (Å²) in [5.74, 6) is 0.972. The van der Waals surface area contributed by atoms with Crippen molar-refractivity contribution in [1.82, 2.24) is 15.1 Å². The predicted octanol–water partition coefficient (Wildman–Crippen LogP) is 1.07. The molecule has 108 valence electrons. The van der Waals surface area contributed by atoms with E-state index in [0.717, 1.165) is 51.7 Å². The maximum Gasteiger partial charge on any atom is 0.222 e. The van der Waals surface area contributed by atoms with E-state index in [1.807, 2.05) is 0 Å². The third-order valence-electron chi connectivity index (χ3n) is 5.13. The van der Waals surface area contributed by atoms with Crippen molar-refractivity contribution < 1.29 is 4.79 Å². The molecule has 1 amide bonds. The zero-order chi connectivity index (χ0) is 13.1. The van der Waals surface area contributed by atoms with Crippen molar-refractivity contribution >= 4 is 5.91 Å². The summed E-state index contributed by atoms with van der Waals surface area (Å²) in [4.78, 5) is 17.0. The molecular weight excluding hydrogens is 238 g/mol. The number of hydrogen-bond donors (Lipinski definition) is 1. The van der Waals surface area contributed by atoms with E-state index in [1.165, 1.54) is 32.1 Å². The monoisotopic (exact) mass is 265 g/mol. The van der Waals surface area contributed by atoms with Gasteiger partial charge in [-0.1, -0.05) is 12.8 Å². The van der Waals surface area contributed by atoms with E-state index < -0.39 is 0 Å². The van der Waals surface area contributed by atoms with Crippen LogP contribution in [0.25, 0.3) is 0 Å². The van der Waals surface area contributed by atoms with E-state index in [1.54, 1.807) is 0 Å². The smallest absolute Gasteiger partial charge is 0.222 e. The number of rotatable bonds is 3. The topological polar surface area (TPSA) is 35.6 Å². The summed E-state index contributed by atoms with van der Waals surface area (Å²) < 4.78 is 0. The Morgan fingerprint density at radius 3 is 2.42 bits per heavy atom. The Balaban J connectivity index is 1.42. The van der Waals surface area contributed by atoms with Gasteiger partial charge < -0.3 is 10.2 Å². The minimum atomic E-state index is 0.389. The highest BCUT2D eigenvalue weighted by Crippen LogP contribution is 2.24. The van der Waals surface area contributed by atoms with Crippen molar-refractivity contribution in [2.75, 3.05) is 39.3 Å². The number of nitrogens with one attached hydrogen (secondary N) is 1. The van der Waals surface area contributed by atoms with Gasteiger partial charge in [0.25, 0.3) is 0 Å². The van der Waals surface area contributed by atoms with Gasteiger partial charge in [-0.25, -0.2) is 0 Å². The zero-order valence-corrected chi connectivity index (χ0v) is 11.9. The molecule has 3 aliphatic rings. The van der Waals surface area contributed by atoms with Crippen molar-refractivity contribution in [1.29, 1.82) is 0 Å². The molecule has 3 fully saturated rings. The molecule has 4 nitrogen and oxygen atoms in total. The Kier molecular flexibility index (Phi) is 4.38. The van der Waals surface area contributed by atoms with E-state index in [9.17, 15) is 4.79 Å². The summed E-state index contributed by atoms with van der Waals surface area (Å²) in [6.45, 7) is 6.23. The second-order valence-corrected chi connectivity index (χ2v) is 6.42. The van der Waals surface area contributed by atoms with Crippen LogP contribution in [0.15, 0.2) is 0 Å². The minimum absolute atomic E-state index is 0.389. The lowest BCUT2D eigenvalue weighted by Crippen LogP contribution is -2.51. The minimum Gasteiger partial charge on any atom is -0.340 e. The van der Waals surface area contributed by atoms with Gasteiger partial charge in [0, 0.05) is 38.6 Å². The van der Waals surface area contributed by atoms with Crippen molar-refractivity contribution in [3.05, 3.63) is 0 Å². The highest BCUT2D eigenvalue weighted by atomic mass is 16.2. The predicted molar refractivity (Wildman–Crippen MR) is 76.0 cm³/mol. The van der Waals surface area contributed by atoms with Crippen LogP contribution < -0.4 is 5.32 Å². The first-order valence-electron chi connectivity index (χ1n) is 8.05. The van der Waals surface area contributed by atoms with Crippen LogP contribution in [0.3, 0.4) is 0 Å². The molecule has 0 spiro atoms. The third-order valence-corrected chi connectivity index (χ3v) is 5.13. The van der Waals surface area contributed by atoms with Crippen molar-refractivity contribution in [3.8, 4) is 0 Å². The number of piperazine rings is 1. The molecule has 19 heavy (non-hydrogen) atoms. The Hall–Kier alpha value is -0.610. The average molecular weight is 265 g/mol. The quantitative estimate of drug-likeness (QED) is 0.829. The van der Waals surface area contributed by atoms with Gasteiger partial charge in [-0.2, -0.15) is 0 Å². The molecule has 0 aromatic rings. The van der Waals surface area contributed by atoms with Gasteiger partial charge >= 0.3 is 0 Å². The van der Waals surface area contributed by atoms with E-state index in [2.05, 4.69) is 15.1 Å². The Labute approximate surface area is 116 Å². The van der Waals surface area contributed by atoms with Crippen LogP contribution >= 0.6 is 0 Å². The van der Waals surface area contributed by atoms with Crippen LogP contribution in [0.2, 0.25) is 0 Å². The second kappa shape index (κ2) is 6.23. The zero-order valence-electron chi connectivity index (χ0n) is 11.9. The lowest BCUT2D eigenvalue weighted by atomic mass is 10.0. The molecule has 4 heteroatoms. The summed E-state index contributed by atoms with van der Waals surface area (Å²) in [5, 5.41) is 3.35. The van der Waals surface area contributed by atoms with E-state index in [-0.39, 0.29) is 0 Å². The molecule has 0 radical (unpaired) electrons. The fourth-order valence-electron chi connectivity index (χ4n) is 3.87.